The molecular formula is C17H20FN3O3S. The van der Waals surface area contributed by atoms with Gasteiger partial charge in [-0.25, -0.2) is 18.7 Å². The first-order chi connectivity index (χ1) is 11.8. The molecule has 0 bridgehead atoms. The van der Waals surface area contributed by atoms with Crippen molar-refractivity contribution in [3.05, 3.63) is 59.9 Å². The number of nitrogens with two attached hydrogens (primary N) is 1. The summed E-state index contributed by atoms with van der Waals surface area (Å²) in [5.74, 6) is 3.95. The molecule has 0 saturated heterocycles. The number of hydrogen-bond acceptors (Lipinski definition) is 4. The van der Waals surface area contributed by atoms with Crippen LogP contribution in [0.2, 0.25) is 0 Å². The molecule has 1 amide bonds. The number of para-hydroxylation sites is 1. The largest absolute Gasteiger partial charge is 0.293 e. The summed E-state index contributed by atoms with van der Waals surface area (Å²) in [4.78, 5) is 11.7. The van der Waals surface area contributed by atoms with E-state index in [1.54, 1.807) is 24.3 Å². The number of amides is 1. The van der Waals surface area contributed by atoms with E-state index in [-0.39, 0.29) is 10.8 Å². The Morgan fingerprint density at radius 2 is 1.76 bits per heavy atom. The van der Waals surface area contributed by atoms with Crippen molar-refractivity contribution in [3.63, 3.8) is 0 Å². The predicted octanol–water partition coefficient (Wildman–Crippen LogP) is 2.13. The van der Waals surface area contributed by atoms with Crippen LogP contribution in [0.15, 0.2) is 53.4 Å². The average Bonchev–Trinajstić information content (AvgIpc) is 2.59. The average molecular weight is 365 g/mol. The summed E-state index contributed by atoms with van der Waals surface area (Å²) in [5.41, 5.74) is 3.08. The van der Waals surface area contributed by atoms with Crippen molar-refractivity contribution in [1.29, 1.82) is 0 Å². The molecule has 0 heterocycles. The molecule has 0 aliphatic carbocycles. The van der Waals surface area contributed by atoms with Crippen molar-refractivity contribution < 1.29 is 17.6 Å². The van der Waals surface area contributed by atoms with Crippen LogP contribution in [0, 0.1) is 5.82 Å². The third-order valence-corrected chi connectivity index (χ3v) is 5.45. The number of benzene rings is 2. The molecule has 2 rings (SSSR count). The highest BCUT2D eigenvalue weighted by atomic mass is 32.2. The zero-order valence-electron chi connectivity index (χ0n) is 13.9. The maximum Gasteiger partial charge on any atom is 0.264 e. The maximum absolute atomic E-state index is 13.1. The van der Waals surface area contributed by atoms with Crippen molar-refractivity contribution in [2.45, 2.75) is 24.7 Å². The third-order valence-electron chi connectivity index (χ3n) is 3.68. The van der Waals surface area contributed by atoms with E-state index in [9.17, 15) is 17.6 Å². The molecule has 0 aliphatic rings. The molecule has 25 heavy (non-hydrogen) atoms. The van der Waals surface area contributed by atoms with Crippen LogP contribution in [-0.2, 0) is 14.8 Å². The van der Waals surface area contributed by atoms with Crippen LogP contribution >= 0.6 is 0 Å². The van der Waals surface area contributed by atoms with Gasteiger partial charge in [0.25, 0.3) is 15.9 Å². The summed E-state index contributed by atoms with van der Waals surface area (Å²) in [7, 11) is -4.08. The molecule has 0 radical (unpaired) electrons. The van der Waals surface area contributed by atoms with Gasteiger partial charge in [-0.3, -0.25) is 14.5 Å². The fraction of sp³-hybridized carbons (Fsp3) is 0.235. The summed E-state index contributed by atoms with van der Waals surface area (Å²) in [5, 5.41) is 0. The van der Waals surface area contributed by atoms with Gasteiger partial charge >= 0.3 is 0 Å². The first-order valence-electron chi connectivity index (χ1n) is 7.64. The van der Waals surface area contributed by atoms with Gasteiger partial charge in [-0.15, -0.1) is 0 Å². The van der Waals surface area contributed by atoms with Gasteiger partial charge in [0.1, 0.15) is 12.4 Å². The molecule has 0 atom stereocenters. The van der Waals surface area contributed by atoms with Crippen LogP contribution in [0.25, 0.3) is 0 Å². The number of carbonyl (C=O) groups is 1. The lowest BCUT2D eigenvalue weighted by Crippen LogP contribution is -2.43. The molecule has 2 aromatic rings. The zero-order valence-corrected chi connectivity index (χ0v) is 14.8. The Bertz CT molecular complexity index is 852. The molecular weight excluding hydrogens is 345 g/mol. The van der Waals surface area contributed by atoms with Gasteiger partial charge < -0.3 is 0 Å². The van der Waals surface area contributed by atoms with Crippen molar-refractivity contribution in [1.82, 2.24) is 5.43 Å². The van der Waals surface area contributed by atoms with Crippen LogP contribution in [0.1, 0.15) is 25.3 Å². The van der Waals surface area contributed by atoms with E-state index in [2.05, 4.69) is 0 Å². The zero-order chi connectivity index (χ0) is 18.6. The predicted molar refractivity (Wildman–Crippen MR) is 93.8 cm³/mol. The minimum absolute atomic E-state index is 0.0306. The van der Waals surface area contributed by atoms with Crippen LogP contribution < -0.4 is 15.6 Å². The smallest absolute Gasteiger partial charge is 0.264 e. The van der Waals surface area contributed by atoms with Crippen LogP contribution in [-0.4, -0.2) is 20.9 Å². The van der Waals surface area contributed by atoms with Crippen LogP contribution in [0.4, 0.5) is 10.1 Å². The second-order valence-electron chi connectivity index (χ2n) is 5.75. The number of sulfonamides is 1. The van der Waals surface area contributed by atoms with E-state index in [1.807, 2.05) is 19.3 Å². The second-order valence-corrected chi connectivity index (χ2v) is 7.61. The standard InChI is InChI=1S/C17H20FN3O3S/c1-12(2)15-5-3-4-6-16(15)21(11-17(22)20-19)25(23,24)14-9-7-13(18)8-10-14/h3-10,12H,11,19H2,1-2H3,(H,20,22). The molecule has 2 aromatic carbocycles. The molecule has 0 aromatic heterocycles. The highest BCUT2D eigenvalue weighted by Crippen LogP contribution is 2.31. The lowest BCUT2D eigenvalue weighted by atomic mass is 10.0. The minimum Gasteiger partial charge on any atom is -0.293 e. The molecule has 0 saturated carbocycles. The highest BCUT2D eigenvalue weighted by molar-refractivity contribution is 7.92. The van der Waals surface area contributed by atoms with Gasteiger partial charge in [-0.1, -0.05) is 32.0 Å². The van der Waals surface area contributed by atoms with Crippen molar-refractivity contribution in [2.24, 2.45) is 5.84 Å². The minimum atomic E-state index is -4.08. The summed E-state index contributed by atoms with van der Waals surface area (Å²) in [6.45, 7) is 3.36. The first-order valence-corrected chi connectivity index (χ1v) is 9.08. The summed E-state index contributed by atoms with van der Waals surface area (Å²) < 4.78 is 40.2. The molecule has 0 unspecified atom stereocenters. The summed E-state index contributed by atoms with van der Waals surface area (Å²) in [6.07, 6.45) is 0. The fourth-order valence-corrected chi connectivity index (χ4v) is 3.86. The Morgan fingerprint density at radius 1 is 1.16 bits per heavy atom. The van der Waals surface area contributed by atoms with Gasteiger partial charge in [0.2, 0.25) is 0 Å². The quantitative estimate of drug-likeness (QED) is 0.466. The number of nitrogens with zero attached hydrogens (tertiary/aromatic N) is 1. The molecule has 0 fully saturated rings. The van der Waals surface area contributed by atoms with Gasteiger partial charge in [0.05, 0.1) is 10.6 Å². The molecule has 6 nitrogen and oxygen atoms in total. The lowest BCUT2D eigenvalue weighted by Gasteiger charge is -2.27. The van der Waals surface area contributed by atoms with Crippen LogP contribution in [0.3, 0.4) is 0 Å². The van der Waals surface area contributed by atoms with Gasteiger partial charge in [0.15, 0.2) is 0 Å². The van der Waals surface area contributed by atoms with Crippen molar-refractivity contribution >= 4 is 21.6 Å². The van der Waals surface area contributed by atoms with E-state index in [0.717, 1.165) is 34.1 Å². The van der Waals surface area contributed by atoms with E-state index < -0.39 is 28.3 Å². The number of nitrogens with one attached hydrogen (secondary N) is 1. The molecule has 134 valence electrons. The number of anilines is 1. The Morgan fingerprint density at radius 3 is 2.32 bits per heavy atom. The summed E-state index contributed by atoms with van der Waals surface area (Å²) >= 11 is 0. The Kier molecular flexibility index (Phi) is 5.76. The van der Waals surface area contributed by atoms with Gasteiger partial charge in [-0.2, -0.15) is 0 Å². The molecule has 0 aliphatic heterocycles. The second kappa shape index (κ2) is 7.62. The number of halogens is 1. The van der Waals surface area contributed by atoms with E-state index in [0.29, 0.717) is 5.69 Å². The number of carbonyl (C=O) groups excluding carboxylic acids is 1. The van der Waals surface area contributed by atoms with Gasteiger partial charge in [0, 0.05) is 0 Å². The molecule has 0 spiro atoms. The van der Waals surface area contributed by atoms with Crippen molar-refractivity contribution in [2.75, 3.05) is 10.8 Å². The Labute approximate surface area is 146 Å². The Balaban J connectivity index is 2.61. The van der Waals surface area contributed by atoms with E-state index in [4.69, 9.17) is 5.84 Å². The maximum atomic E-state index is 13.1. The normalized spacial score (nSPS) is 11.4. The molecule has 8 heteroatoms. The third kappa shape index (κ3) is 4.15. The fourth-order valence-electron chi connectivity index (χ4n) is 2.41. The number of rotatable bonds is 6. The van der Waals surface area contributed by atoms with E-state index in [1.165, 1.54) is 0 Å². The lowest BCUT2D eigenvalue weighted by molar-refractivity contribution is -0.119. The van der Waals surface area contributed by atoms with E-state index >= 15 is 0 Å². The van der Waals surface area contributed by atoms with Crippen LogP contribution in [0.5, 0.6) is 0 Å². The van der Waals surface area contributed by atoms with Gasteiger partial charge in [-0.05, 0) is 41.8 Å². The first kappa shape index (κ1) is 18.9. The molecule has 3 N–H and O–H groups in total. The Hall–Kier alpha value is -2.45. The monoisotopic (exact) mass is 365 g/mol. The number of hydrazine groups is 1. The summed E-state index contributed by atoms with van der Waals surface area (Å²) in [6, 6.07) is 11.4. The SMILES string of the molecule is CC(C)c1ccccc1N(CC(=O)NN)S(=O)(=O)c1ccc(F)cc1. The number of hydrogen-bond donors (Lipinski definition) is 2. The topological polar surface area (TPSA) is 92.5 Å². The van der Waals surface area contributed by atoms with Crippen molar-refractivity contribution in [3.8, 4) is 0 Å². The highest BCUT2D eigenvalue weighted by Gasteiger charge is 2.29.